The Morgan fingerprint density at radius 2 is 2.15 bits per heavy atom. The fourth-order valence-corrected chi connectivity index (χ4v) is 4.10. The van der Waals surface area contributed by atoms with E-state index in [9.17, 15) is 4.79 Å². The molecule has 1 saturated heterocycles. The molecule has 1 saturated carbocycles. The Morgan fingerprint density at radius 3 is 3.00 bits per heavy atom. The highest BCUT2D eigenvalue weighted by Gasteiger charge is 2.38. The van der Waals surface area contributed by atoms with Gasteiger partial charge in [0.05, 0.1) is 5.69 Å². The molecule has 26 heavy (non-hydrogen) atoms. The molecule has 0 spiro atoms. The minimum Gasteiger partial charge on any atom is -0.334 e. The van der Waals surface area contributed by atoms with Crippen molar-refractivity contribution in [2.45, 2.75) is 57.2 Å². The van der Waals surface area contributed by atoms with E-state index in [0.29, 0.717) is 6.04 Å². The van der Waals surface area contributed by atoms with Crippen molar-refractivity contribution < 1.29 is 4.79 Å². The van der Waals surface area contributed by atoms with Crippen LogP contribution in [-0.4, -0.2) is 27.5 Å². The Kier molecular flexibility index (Phi) is 4.02. The van der Waals surface area contributed by atoms with E-state index in [0.717, 1.165) is 42.2 Å². The van der Waals surface area contributed by atoms with E-state index in [2.05, 4.69) is 33.0 Å². The van der Waals surface area contributed by atoms with Gasteiger partial charge in [-0.05, 0) is 50.2 Å². The number of nitrogens with one attached hydrogen (secondary N) is 3. The molecule has 136 valence electrons. The minimum atomic E-state index is -0.163. The van der Waals surface area contributed by atoms with Crippen molar-refractivity contribution in [3.05, 3.63) is 36.3 Å². The van der Waals surface area contributed by atoms with Gasteiger partial charge in [0.2, 0.25) is 5.91 Å². The number of imidazole rings is 1. The number of fused-ring (bicyclic) bond motifs is 1. The Bertz CT molecular complexity index is 802. The first-order valence-corrected chi connectivity index (χ1v) is 9.75. The van der Waals surface area contributed by atoms with Crippen LogP contribution in [0.2, 0.25) is 0 Å². The number of hydrogen-bond acceptors (Lipinski definition) is 4. The zero-order chi connectivity index (χ0) is 17.5. The second kappa shape index (κ2) is 6.52. The van der Waals surface area contributed by atoms with Crippen molar-refractivity contribution in [1.29, 1.82) is 0 Å². The van der Waals surface area contributed by atoms with Crippen LogP contribution in [0.1, 0.15) is 37.9 Å². The maximum atomic E-state index is 12.6. The van der Waals surface area contributed by atoms with E-state index in [4.69, 9.17) is 4.98 Å². The summed E-state index contributed by atoms with van der Waals surface area (Å²) in [4.78, 5) is 17.4. The van der Waals surface area contributed by atoms with Crippen LogP contribution >= 0.6 is 0 Å². The van der Waals surface area contributed by atoms with Crippen molar-refractivity contribution in [1.82, 2.24) is 20.4 Å². The molecular formula is C20H25N5O. The number of hydrazine groups is 1. The van der Waals surface area contributed by atoms with Gasteiger partial charge in [-0.1, -0.05) is 12.1 Å². The first kappa shape index (κ1) is 16.0. The minimum absolute atomic E-state index is 0.0296. The van der Waals surface area contributed by atoms with Crippen molar-refractivity contribution in [3.63, 3.8) is 0 Å². The maximum Gasteiger partial charge on any atom is 0.242 e. The molecule has 3 N–H and O–H groups in total. The second-order valence-electron chi connectivity index (χ2n) is 7.78. The highest BCUT2D eigenvalue weighted by molar-refractivity contribution is 5.95. The van der Waals surface area contributed by atoms with Crippen molar-refractivity contribution in [3.8, 4) is 11.3 Å². The molecule has 1 aromatic carbocycles. The van der Waals surface area contributed by atoms with E-state index < -0.39 is 0 Å². The lowest BCUT2D eigenvalue weighted by atomic mass is 10.1. The summed E-state index contributed by atoms with van der Waals surface area (Å²) < 4.78 is 2.26. The Balaban J connectivity index is 1.29. The molecule has 2 fully saturated rings. The lowest BCUT2D eigenvalue weighted by Gasteiger charge is -2.11. The van der Waals surface area contributed by atoms with Gasteiger partial charge in [0.25, 0.3) is 0 Å². The summed E-state index contributed by atoms with van der Waals surface area (Å²) in [5.74, 6) is 1.95. The molecule has 0 radical (unpaired) electrons. The predicted molar refractivity (Wildman–Crippen MR) is 100 cm³/mol. The highest BCUT2D eigenvalue weighted by Crippen LogP contribution is 2.35. The second-order valence-corrected chi connectivity index (χ2v) is 7.78. The standard InChI is InChI=1S/C20H25N5O/c26-20(17-11-16(23-24-17)13-7-8-13)21-15-5-3-4-14(10-15)18-12-25-9-2-1-6-19(25)22-18/h3-5,10,12-13,16-17,23-24H,1-2,6-9,11H2,(H,21,26). The van der Waals surface area contributed by atoms with Crippen LogP contribution in [-0.2, 0) is 17.8 Å². The van der Waals surface area contributed by atoms with Gasteiger partial charge < -0.3 is 9.88 Å². The molecule has 2 unspecified atom stereocenters. The number of hydrogen-bond donors (Lipinski definition) is 3. The van der Waals surface area contributed by atoms with Crippen molar-refractivity contribution in [2.75, 3.05) is 5.32 Å². The molecule has 3 heterocycles. The van der Waals surface area contributed by atoms with Gasteiger partial charge >= 0.3 is 0 Å². The van der Waals surface area contributed by atoms with Crippen LogP contribution in [0.5, 0.6) is 0 Å². The van der Waals surface area contributed by atoms with E-state index in [1.807, 2.05) is 18.2 Å². The van der Waals surface area contributed by atoms with E-state index >= 15 is 0 Å². The Labute approximate surface area is 153 Å². The number of nitrogens with zero attached hydrogens (tertiary/aromatic N) is 2. The maximum absolute atomic E-state index is 12.6. The first-order chi connectivity index (χ1) is 12.8. The van der Waals surface area contributed by atoms with Crippen LogP contribution in [0.3, 0.4) is 0 Å². The SMILES string of the molecule is O=C(Nc1cccc(-c2cn3c(n2)CCCC3)c1)C1CC(C2CC2)NN1. The van der Waals surface area contributed by atoms with Crippen LogP contribution < -0.4 is 16.2 Å². The molecule has 2 aliphatic heterocycles. The number of benzene rings is 1. The van der Waals surface area contributed by atoms with Crippen molar-refractivity contribution >= 4 is 11.6 Å². The average Bonchev–Trinajstić information content (AvgIpc) is 3.22. The monoisotopic (exact) mass is 351 g/mol. The number of carbonyl (C=O) groups is 1. The van der Waals surface area contributed by atoms with Crippen LogP contribution in [0, 0.1) is 5.92 Å². The molecule has 1 amide bonds. The average molecular weight is 351 g/mol. The molecule has 6 heteroatoms. The Morgan fingerprint density at radius 1 is 1.23 bits per heavy atom. The summed E-state index contributed by atoms with van der Waals surface area (Å²) >= 11 is 0. The normalized spacial score (nSPS) is 25.1. The third kappa shape index (κ3) is 3.15. The zero-order valence-electron chi connectivity index (χ0n) is 14.9. The topological polar surface area (TPSA) is 71.0 Å². The van der Waals surface area contributed by atoms with E-state index in [1.54, 1.807) is 0 Å². The summed E-state index contributed by atoms with van der Waals surface area (Å²) in [7, 11) is 0. The van der Waals surface area contributed by atoms with Gasteiger partial charge in [0, 0.05) is 36.5 Å². The molecule has 1 aromatic heterocycles. The first-order valence-electron chi connectivity index (χ1n) is 9.75. The van der Waals surface area contributed by atoms with Crippen LogP contribution in [0.25, 0.3) is 11.3 Å². The molecular weight excluding hydrogens is 326 g/mol. The van der Waals surface area contributed by atoms with Crippen LogP contribution in [0.4, 0.5) is 5.69 Å². The van der Waals surface area contributed by atoms with Crippen LogP contribution in [0.15, 0.2) is 30.5 Å². The van der Waals surface area contributed by atoms with Gasteiger partial charge in [-0.2, -0.15) is 0 Å². The van der Waals surface area contributed by atoms with Gasteiger partial charge in [-0.25, -0.2) is 10.4 Å². The molecule has 0 bridgehead atoms. The fraction of sp³-hybridized carbons (Fsp3) is 0.500. The van der Waals surface area contributed by atoms with Gasteiger partial charge in [-0.3, -0.25) is 10.2 Å². The lowest BCUT2D eigenvalue weighted by Crippen LogP contribution is -2.40. The molecule has 6 nitrogen and oxygen atoms in total. The largest absolute Gasteiger partial charge is 0.334 e. The number of anilines is 1. The quantitative estimate of drug-likeness (QED) is 0.791. The zero-order valence-corrected chi connectivity index (χ0v) is 14.9. The number of rotatable bonds is 4. The number of carbonyl (C=O) groups excluding carboxylic acids is 1. The van der Waals surface area contributed by atoms with Crippen molar-refractivity contribution in [2.24, 2.45) is 5.92 Å². The summed E-state index contributed by atoms with van der Waals surface area (Å²) in [5.41, 5.74) is 9.30. The smallest absolute Gasteiger partial charge is 0.242 e. The van der Waals surface area contributed by atoms with Gasteiger partial charge in [-0.15, -0.1) is 0 Å². The Hall–Kier alpha value is -2.18. The predicted octanol–water partition coefficient (Wildman–Crippen LogP) is 2.47. The summed E-state index contributed by atoms with van der Waals surface area (Å²) in [6.07, 6.45) is 9.07. The molecule has 1 aliphatic carbocycles. The van der Waals surface area contributed by atoms with Gasteiger partial charge in [0.1, 0.15) is 11.9 Å². The molecule has 5 rings (SSSR count). The van der Waals surface area contributed by atoms with E-state index in [-0.39, 0.29) is 11.9 Å². The fourth-order valence-electron chi connectivity index (χ4n) is 4.10. The summed E-state index contributed by atoms with van der Waals surface area (Å²) in [6, 6.07) is 8.28. The summed E-state index contributed by atoms with van der Waals surface area (Å²) in [6.45, 7) is 1.06. The molecule has 2 atom stereocenters. The molecule has 3 aliphatic rings. The third-order valence-electron chi connectivity index (χ3n) is 5.77. The molecule has 2 aromatic rings. The summed E-state index contributed by atoms with van der Waals surface area (Å²) in [5, 5.41) is 3.06. The number of aromatic nitrogens is 2. The number of amides is 1. The van der Waals surface area contributed by atoms with E-state index in [1.165, 1.54) is 31.5 Å². The lowest BCUT2D eigenvalue weighted by molar-refractivity contribution is -0.117. The third-order valence-corrected chi connectivity index (χ3v) is 5.77. The van der Waals surface area contributed by atoms with Gasteiger partial charge in [0.15, 0.2) is 0 Å². The number of aryl methyl sites for hydroxylation is 2. The highest BCUT2D eigenvalue weighted by atomic mass is 16.2.